The van der Waals surface area contributed by atoms with E-state index in [2.05, 4.69) is 4.98 Å². The normalized spacial score (nSPS) is 12.4. The number of hydrogen-bond acceptors (Lipinski definition) is 4. The third-order valence-electron chi connectivity index (χ3n) is 4.36. The molecule has 0 aliphatic heterocycles. The number of rotatable bonds is 4. The predicted octanol–water partition coefficient (Wildman–Crippen LogP) is 2.47. The fraction of sp³-hybridized carbons (Fsp3) is 0.278. The van der Waals surface area contributed by atoms with Crippen molar-refractivity contribution in [1.29, 1.82) is 0 Å². The maximum absolute atomic E-state index is 13.0. The Labute approximate surface area is 147 Å². The van der Waals surface area contributed by atoms with Crippen LogP contribution in [0.1, 0.15) is 30.5 Å². The summed E-state index contributed by atoms with van der Waals surface area (Å²) in [4.78, 5) is 40.2. The molecule has 3 rings (SSSR count). The van der Waals surface area contributed by atoms with Gasteiger partial charge in [-0.3, -0.25) is 14.6 Å². The van der Waals surface area contributed by atoms with Crippen LogP contribution in [0.3, 0.4) is 0 Å². The number of H-pyrrole nitrogens is 1. The SMILES string of the molecule is CCC(C(N)=O)n1c(=O)[nH]c2scc(-c3ccc(C)cc3C)c2c1=O. The fourth-order valence-corrected chi connectivity index (χ4v) is 4.08. The number of benzene rings is 1. The van der Waals surface area contributed by atoms with Crippen LogP contribution in [0.2, 0.25) is 0 Å². The minimum atomic E-state index is -0.965. The number of thiophene rings is 1. The Morgan fingerprint density at radius 3 is 2.60 bits per heavy atom. The number of hydrogen-bond donors (Lipinski definition) is 2. The van der Waals surface area contributed by atoms with Crippen molar-refractivity contribution in [3.8, 4) is 11.1 Å². The summed E-state index contributed by atoms with van der Waals surface area (Å²) >= 11 is 1.30. The highest BCUT2D eigenvalue weighted by Gasteiger charge is 2.23. The molecule has 0 aliphatic carbocycles. The smallest absolute Gasteiger partial charge is 0.330 e. The van der Waals surface area contributed by atoms with Crippen LogP contribution < -0.4 is 17.0 Å². The third-order valence-corrected chi connectivity index (χ3v) is 5.26. The summed E-state index contributed by atoms with van der Waals surface area (Å²) in [7, 11) is 0. The first-order valence-corrected chi connectivity index (χ1v) is 8.86. The predicted molar refractivity (Wildman–Crippen MR) is 100 cm³/mol. The molecule has 6 nitrogen and oxygen atoms in total. The Kier molecular flexibility index (Phi) is 4.34. The van der Waals surface area contributed by atoms with Crippen molar-refractivity contribution < 1.29 is 4.79 Å². The molecule has 7 heteroatoms. The summed E-state index contributed by atoms with van der Waals surface area (Å²) < 4.78 is 0.935. The Bertz CT molecular complexity index is 1090. The molecule has 1 unspecified atom stereocenters. The van der Waals surface area contributed by atoms with Crippen molar-refractivity contribution in [2.24, 2.45) is 5.73 Å². The Morgan fingerprint density at radius 1 is 1.28 bits per heavy atom. The van der Waals surface area contributed by atoms with Crippen molar-refractivity contribution >= 4 is 27.5 Å². The average Bonchev–Trinajstić information content (AvgIpc) is 2.94. The molecule has 0 radical (unpaired) electrons. The van der Waals surface area contributed by atoms with Crippen molar-refractivity contribution in [3.05, 3.63) is 55.5 Å². The first-order valence-electron chi connectivity index (χ1n) is 7.98. The number of aryl methyl sites for hydroxylation is 2. The van der Waals surface area contributed by atoms with Gasteiger partial charge in [0.25, 0.3) is 5.56 Å². The van der Waals surface area contributed by atoms with Gasteiger partial charge >= 0.3 is 5.69 Å². The highest BCUT2D eigenvalue weighted by Crippen LogP contribution is 2.32. The van der Waals surface area contributed by atoms with Crippen LogP contribution >= 0.6 is 11.3 Å². The summed E-state index contributed by atoms with van der Waals surface area (Å²) in [5.74, 6) is -0.697. The number of nitrogens with one attached hydrogen (secondary N) is 1. The van der Waals surface area contributed by atoms with Gasteiger partial charge in [-0.2, -0.15) is 0 Å². The van der Waals surface area contributed by atoms with E-state index in [-0.39, 0.29) is 6.42 Å². The quantitative estimate of drug-likeness (QED) is 0.750. The van der Waals surface area contributed by atoms with E-state index in [1.165, 1.54) is 11.3 Å². The van der Waals surface area contributed by atoms with E-state index in [4.69, 9.17) is 5.73 Å². The molecule has 3 N–H and O–H groups in total. The Hall–Kier alpha value is -2.67. The molecule has 1 atom stereocenters. The lowest BCUT2D eigenvalue weighted by atomic mass is 9.99. The number of nitrogens with zero attached hydrogens (tertiary/aromatic N) is 1. The van der Waals surface area contributed by atoms with Gasteiger partial charge in [0, 0.05) is 10.9 Å². The number of carbonyl (C=O) groups is 1. The van der Waals surface area contributed by atoms with Gasteiger partial charge in [0.1, 0.15) is 10.9 Å². The zero-order chi connectivity index (χ0) is 18.3. The molecule has 3 aromatic rings. The second-order valence-electron chi connectivity index (χ2n) is 6.10. The summed E-state index contributed by atoms with van der Waals surface area (Å²) in [6.45, 7) is 5.70. The minimum Gasteiger partial charge on any atom is -0.368 e. The largest absolute Gasteiger partial charge is 0.368 e. The Balaban J connectivity index is 2.36. The standard InChI is InChI=1S/C18H19N3O3S/c1-4-13(15(19)22)21-17(23)14-12(8-25-16(14)20-18(21)24)11-6-5-9(2)7-10(11)3/h5-8,13H,4H2,1-3H3,(H2,19,22)(H,20,24). The first kappa shape index (κ1) is 17.2. The molecule has 0 bridgehead atoms. The van der Waals surface area contributed by atoms with Gasteiger partial charge < -0.3 is 5.73 Å². The van der Waals surface area contributed by atoms with E-state index in [9.17, 15) is 14.4 Å². The van der Waals surface area contributed by atoms with Crippen molar-refractivity contribution in [2.45, 2.75) is 33.2 Å². The van der Waals surface area contributed by atoms with E-state index in [1.807, 2.05) is 37.4 Å². The molecule has 0 aliphatic rings. The molecule has 1 aromatic carbocycles. The van der Waals surface area contributed by atoms with Crippen LogP contribution in [-0.4, -0.2) is 15.5 Å². The van der Waals surface area contributed by atoms with Gasteiger partial charge in [-0.25, -0.2) is 9.36 Å². The first-order chi connectivity index (χ1) is 11.8. The third kappa shape index (κ3) is 2.80. The van der Waals surface area contributed by atoms with E-state index in [0.29, 0.717) is 10.2 Å². The molecule has 0 saturated carbocycles. The van der Waals surface area contributed by atoms with E-state index in [1.54, 1.807) is 6.92 Å². The van der Waals surface area contributed by atoms with Crippen LogP contribution in [0.25, 0.3) is 21.3 Å². The van der Waals surface area contributed by atoms with E-state index in [0.717, 1.165) is 26.8 Å². The maximum Gasteiger partial charge on any atom is 0.330 e. The van der Waals surface area contributed by atoms with Gasteiger partial charge in [-0.05, 0) is 31.4 Å². The number of primary amides is 1. The molecule has 130 valence electrons. The monoisotopic (exact) mass is 357 g/mol. The number of aromatic amines is 1. The van der Waals surface area contributed by atoms with Gasteiger partial charge in [0.2, 0.25) is 5.91 Å². The molecule has 1 amide bonds. The van der Waals surface area contributed by atoms with Crippen molar-refractivity contribution in [3.63, 3.8) is 0 Å². The molecule has 2 heterocycles. The zero-order valence-electron chi connectivity index (χ0n) is 14.3. The van der Waals surface area contributed by atoms with Crippen LogP contribution in [0, 0.1) is 13.8 Å². The second-order valence-corrected chi connectivity index (χ2v) is 6.98. The summed E-state index contributed by atoms with van der Waals surface area (Å²) in [6.07, 6.45) is 0.271. The lowest BCUT2D eigenvalue weighted by Crippen LogP contribution is -2.42. The van der Waals surface area contributed by atoms with Crippen LogP contribution in [-0.2, 0) is 4.79 Å². The molecular weight excluding hydrogens is 338 g/mol. The number of nitrogens with two attached hydrogens (primary N) is 1. The van der Waals surface area contributed by atoms with Crippen LogP contribution in [0.15, 0.2) is 33.2 Å². The van der Waals surface area contributed by atoms with E-state index < -0.39 is 23.2 Å². The van der Waals surface area contributed by atoms with Crippen LogP contribution in [0.5, 0.6) is 0 Å². The van der Waals surface area contributed by atoms with Gasteiger partial charge in [-0.15, -0.1) is 11.3 Å². The highest BCUT2D eigenvalue weighted by molar-refractivity contribution is 7.17. The number of amides is 1. The number of fused-ring (bicyclic) bond motifs is 1. The van der Waals surface area contributed by atoms with Gasteiger partial charge in [-0.1, -0.05) is 30.7 Å². The van der Waals surface area contributed by atoms with Crippen molar-refractivity contribution in [1.82, 2.24) is 9.55 Å². The zero-order valence-corrected chi connectivity index (χ0v) is 15.1. The maximum atomic E-state index is 13.0. The van der Waals surface area contributed by atoms with Crippen molar-refractivity contribution in [2.75, 3.05) is 0 Å². The minimum absolute atomic E-state index is 0.271. The average molecular weight is 357 g/mol. The van der Waals surface area contributed by atoms with E-state index >= 15 is 0 Å². The molecule has 0 spiro atoms. The Morgan fingerprint density at radius 2 is 2.00 bits per heavy atom. The lowest BCUT2D eigenvalue weighted by molar-refractivity contribution is -0.121. The highest BCUT2D eigenvalue weighted by atomic mass is 32.1. The molecule has 0 fully saturated rings. The van der Waals surface area contributed by atoms with Crippen LogP contribution in [0.4, 0.5) is 0 Å². The molecular formula is C18H19N3O3S. The van der Waals surface area contributed by atoms with Gasteiger partial charge in [0.05, 0.1) is 5.39 Å². The molecule has 2 aromatic heterocycles. The number of carbonyl (C=O) groups excluding carboxylic acids is 1. The topological polar surface area (TPSA) is 97.9 Å². The summed E-state index contributed by atoms with van der Waals surface area (Å²) in [6, 6.07) is 5.02. The lowest BCUT2D eigenvalue weighted by Gasteiger charge is -2.14. The fourth-order valence-electron chi connectivity index (χ4n) is 3.14. The van der Waals surface area contributed by atoms with Gasteiger partial charge in [0.15, 0.2) is 0 Å². The molecule has 25 heavy (non-hydrogen) atoms. The molecule has 0 saturated heterocycles. The number of aromatic nitrogens is 2. The second kappa shape index (κ2) is 6.33. The summed E-state index contributed by atoms with van der Waals surface area (Å²) in [5, 5.41) is 2.27. The summed E-state index contributed by atoms with van der Waals surface area (Å²) in [5.41, 5.74) is 8.14.